The SMILES string of the molecule is O=C(CS(=O)(=O)c1ccc(Cl)cc1)Nc1ccc(C(=O)N2CCc3ccccc32)cc1. The van der Waals surface area contributed by atoms with Gasteiger partial charge in [-0.3, -0.25) is 9.59 Å². The van der Waals surface area contributed by atoms with Crippen LogP contribution in [0.3, 0.4) is 0 Å². The lowest BCUT2D eigenvalue weighted by Crippen LogP contribution is -2.28. The molecule has 1 aliphatic rings. The number of fused-ring (bicyclic) bond motifs is 1. The van der Waals surface area contributed by atoms with Gasteiger partial charge in [0.25, 0.3) is 5.91 Å². The minimum absolute atomic E-state index is 0.0267. The zero-order valence-corrected chi connectivity index (χ0v) is 18.0. The molecule has 158 valence electrons. The Morgan fingerprint density at radius 3 is 2.32 bits per heavy atom. The standard InChI is InChI=1S/C23H19ClN2O4S/c24-18-7-11-20(12-8-18)31(29,30)15-22(27)25-19-9-5-17(6-10-19)23(28)26-14-13-16-3-1-2-4-21(16)26/h1-12H,13-15H2,(H,25,27). The fraction of sp³-hybridized carbons (Fsp3) is 0.130. The van der Waals surface area contributed by atoms with E-state index in [2.05, 4.69) is 5.32 Å². The lowest BCUT2D eigenvalue weighted by molar-refractivity contribution is -0.113. The van der Waals surface area contributed by atoms with Crippen LogP contribution in [0.5, 0.6) is 0 Å². The first-order valence-electron chi connectivity index (χ1n) is 9.61. The summed E-state index contributed by atoms with van der Waals surface area (Å²) in [6.07, 6.45) is 0.818. The largest absolute Gasteiger partial charge is 0.325 e. The number of anilines is 2. The number of nitrogens with one attached hydrogen (secondary N) is 1. The van der Waals surface area contributed by atoms with E-state index in [9.17, 15) is 18.0 Å². The molecule has 6 nitrogen and oxygen atoms in total. The number of rotatable bonds is 5. The van der Waals surface area contributed by atoms with Crippen molar-refractivity contribution in [3.63, 3.8) is 0 Å². The number of carbonyl (C=O) groups is 2. The van der Waals surface area contributed by atoms with Crippen molar-refractivity contribution in [1.29, 1.82) is 0 Å². The number of hydrogen-bond acceptors (Lipinski definition) is 4. The third-order valence-corrected chi connectivity index (χ3v) is 6.93. The molecule has 4 rings (SSSR count). The number of hydrogen-bond donors (Lipinski definition) is 1. The Kier molecular flexibility index (Phi) is 5.80. The van der Waals surface area contributed by atoms with Gasteiger partial charge >= 0.3 is 0 Å². The number of halogens is 1. The van der Waals surface area contributed by atoms with Crippen LogP contribution in [0.25, 0.3) is 0 Å². The molecule has 1 N–H and O–H groups in total. The third kappa shape index (κ3) is 4.62. The predicted molar refractivity (Wildman–Crippen MR) is 120 cm³/mol. The summed E-state index contributed by atoms with van der Waals surface area (Å²) in [6.45, 7) is 0.624. The van der Waals surface area contributed by atoms with Gasteiger partial charge in [0.15, 0.2) is 9.84 Å². The van der Waals surface area contributed by atoms with Crippen LogP contribution in [0, 0.1) is 0 Å². The second-order valence-electron chi connectivity index (χ2n) is 7.17. The third-order valence-electron chi connectivity index (χ3n) is 5.04. The average molecular weight is 455 g/mol. The van der Waals surface area contributed by atoms with Crippen molar-refractivity contribution in [3.05, 3.63) is 88.9 Å². The van der Waals surface area contributed by atoms with Crippen LogP contribution in [-0.4, -0.2) is 32.5 Å². The molecule has 1 aliphatic heterocycles. The predicted octanol–water partition coefficient (Wildman–Crippen LogP) is 3.96. The number of carbonyl (C=O) groups excluding carboxylic acids is 2. The van der Waals surface area contributed by atoms with Gasteiger partial charge in [0, 0.05) is 28.5 Å². The lowest BCUT2D eigenvalue weighted by atomic mass is 10.1. The van der Waals surface area contributed by atoms with Gasteiger partial charge in [-0.15, -0.1) is 0 Å². The normalized spacial score (nSPS) is 13.0. The fourth-order valence-corrected chi connectivity index (χ4v) is 4.76. The van der Waals surface area contributed by atoms with Crippen molar-refractivity contribution in [3.8, 4) is 0 Å². The van der Waals surface area contributed by atoms with Gasteiger partial charge in [0.2, 0.25) is 5.91 Å². The van der Waals surface area contributed by atoms with Crippen molar-refractivity contribution < 1.29 is 18.0 Å². The number of amides is 2. The second-order valence-corrected chi connectivity index (χ2v) is 9.60. The van der Waals surface area contributed by atoms with Crippen molar-refractivity contribution in [2.75, 3.05) is 22.5 Å². The molecule has 8 heteroatoms. The highest BCUT2D eigenvalue weighted by molar-refractivity contribution is 7.92. The highest BCUT2D eigenvalue weighted by Crippen LogP contribution is 2.29. The molecule has 0 radical (unpaired) electrons. The van der Waals surface area contributed by atoms with E-state index in [1.807, 2.05) is 24.3 Å². The molecule has 31 heavy (non-hydrogen) atoms. The van der Waals surface area contributed by atoms with Crippen molar-refractivity contribution in [1.82, 2.24) is 0 Å². The molecular formula is C23H19ClN2O4S. The summed E-state index contributed by atoms with van der Waals surface area (Å²) in [4.78, 5) is 26.9. The van der Waals surface area contributed by atoms with Gasteiger partial charge in [0.1, 0.15) is 5.75 Å². The maximum atomic E-state index is 12.9. The summed E-state index contributed by atoms with van der Waals surface area (Å²) < 4.78 is 24.8. The summed E-state index contributed by atoms with van der Waals surface area (Å²) in [5.41, 5.74) is 2.96. The summed E-state index contributed by atoms with van der Waals surface area (Å²) in [5.74, 6) is -1.48. The van der Waals surface area contributed by atoms with Crippen LogP contribution in [0.2, 0.25) is 5.02 Å². The highest BCUT2D eigenvalue weighted by atomic mass is 35.5. The summed E-state index contributed by atoms with van der Waals surface area (Å²) >= 11 is 5.78. The Balaban J connectivity index is 1.41. The van der Waals surface area contributed by atoms with Crippen molar-refractivity contribution >= 4 is 44.6 Å². The summed E-state index contributed by atoms with van der Waals surface area (Å²) in [5, 5.41) is 2.97. The molecule has 1 heterocycles. The first-order chi connectivity index (χ1) is 14.8. The average Bonchev–Trinajstić information content (AvgIpc) is 3.18. The molecule has 0 spiro atoms. The van der Waals surface area contributed by atoms with Gasteiger partial charge < -0.3 is 10.2 Å². The van der Waals surface area contributed by atoms with Crippen molar-refractivity contribution in [2.24, 2.45) is 0 Å². The molecule has 2 amide bonds. The monoisotopic (exact) mass is 454 g/mol. The minimum Gasteiger partial charge on any atom is -0.325 e. The van der Waals surface area contributed by atoms with Gasteiger partial charge in [0.05, 0.1) is 4.90 Å². The quantitative estimate of drug-likeness (QED) is 0.632. The number of para-hydroxylation sites is 1. The van der Waals surface area contributed by atoms with Gasteiger partial charge in [-0.25, -0.2) is 8.42 Å². The molecule has 0 fully saturated rings. The summed E-state index contributed by atoms with van der Waals surface area (Å²) in [7, 11) is -3.79. The second kappa shape index (κ2) is 8.53. The first kappa shape index (κ1) is 21.1. The molecule has 0 aliphatic carbocycles. The van der Waals surface area contributed by atoms with Crippen LogP contribution in [-0.2, 0) is 21.1 Å². The van der Waals surface area contributed by atoms with Gasteiger partial charge in [-0.05, 0) is 66.6 Å². The van der Waals surface area contributed by atoms with E-state index in [1.165, 1.54) is 24.3 Å². The van der Waals surface area contributed by atoms with Gasteiger partial charge in [-0.2, -0.15) is 0 Å². The molecule has 0 bridgehead atoms. The molecule has 3 aromatic rings. The fourth-order valence-electron chi connectivity index (χ4n) is 3.50. The molecular weight excluding hydrogens is 436 g/mol. The number of benzene rings is 3. The Morgan fingerprint density at radius 1 is 0.935 bits per heavy atom. The van der Waals surface area contributed by atoms with E-state index in [0.29, 0.717) is 22.8 Å². The van der Waals surface area contributed by atoms with E-state index in [1.54, 1.807) is 29.2 Å². The van der Waals surface area contributed by atoms with E-state index in [0.717, 1.165) is 17.7 Å². The highest BCUT2D eigenvalue weighted by Gasteiger charge is 2.25. The Labute approximate surface area is 185 Å². The van der Waals surface area contributed by atoms with Crippen LogP contribution < -0.4 is 10.2 Å². The zero-order valence-electron chi connectivity index (χ0n) is 16.4. The molecule has 0 saturated heterocycles. The van der Waals surface area contributed by atoms with Gasteiger partial charge in [-0.1, -0.05) is 29.8 Å². The zero-order chi connectivity index (χ0) is 22.0. The Bertz CT molecular complexity index is 1240. The molecule has 0 saturated carbocycles. The first-order valence-corrected chi connectivity index (χ1v) is 11.6. The lowest BCUT2D eigenvalue weighted by Gasteiger charge is -2.17. The van der Waals surface area contributed by atoms with Crippen LogP contribution in [0.15, 0.2) is 77.7 Å². The minimum atomic E-state index is -3.79. The van der Waals surface area contributed by atoms with Crippen LogP contribution in [0.1, 0.15) is 15.9 Å². The van der Waals surface area contributed by atoms with Crippen LogP contribution in [0.4, 0.5) is 11.4 Å². The van der Waals surface area contributed by atoms with E-state index < -0.39 is 21.5 Å². The van der Waals surface area contributed by atoms with E-state index in [-0.39, 0.29) is 10.8 Å². The topological polar surface area (TPSA) is 83.5 Å². The molecule has 0 aromatic heterocycles. The smallest absolute Gasteiger partial charge is 0.258 e. The molecule has 0 unspecified atom stereocenters. The molecule has 0 atom stereocenters. The van der Waals surface area contributed by atoms with Crippen molar-refractivity contribution in [2.45, 2.75) is 11.3 Å². The number of sulfone groups is 1. The number of nitrogens with zero attached hydrogens (tertiary/aromatic N) is 1. The summed E-state index contributed by atoms with van der Waals surface area (Å²) in [6, 6.07) is 19.8. The maximum absolute atomic E-state index is 12.9. The molecule has 3 aromatic carbocycles. The Hall–Kier alpha value is -3.16. The van der Waals surface area contributed by atoms with Crippen LogP contribution >= 0.6 is 11.6 Å². The van der Waals surface area contributed by atoms with E-state index in [4.69, 9.17) is 11.6 Å². The van der Waals surface area contributed by atoms with E-state index >= 15 is 0 Å². The Morgan fingerprint density at radius 2 is 1.61 bits per heavy atom. The maximum Gasteiger partial charge on any atom is 0.258 e.